The number of halogens is 1. The van der Waals surface area contributed by atoms with E-state index in [0.717, 1.165) is 37.0 Å². The number of benzene rings is 2. The maximum Gasteiger partial charge on any atom is 0.231 e. The minimum absolute atomic E-state index is 0. The van der Waals surface area contributed by atoms with E-state index in [-0.39, 0.29) is 24.0 Å². The van der Waals surface area contributed by atoms with Crippen LogP contribution in [0.2, 0.25) is 0 Å². The van der Waals surface area contributed by atoms with E-state index in [0.29, 0.717) is 13.3 Å². The number of guanidine groups is 1. The molecule has 0 aliphatic carbocycles. The average Bonchev–Trinajstić information content (AvgIpc) is 3.14. The summed E-state index contributed by atoms with van der Waals surface area (Å²) >= 11 is 0. The Labute approximate surface area is 184 Å². The predicted molar refractivity (Wildman–Crippen MR) is 125 cm³/mol. The Morgan fingerprint density at radius 1 is 1.04 bits per heavy atom. The third-order valence-electron chi connectivity index (χ3n) is 4.33. The van der Waals surface area contributed by atoms with Gasteiger partial charge >= 0.3 is 0 Å². The van der Waals surface area contributed by atoms with Crippen molar-refractivity contribution in [2.45, 2.75) is 19.9 Å². The van der Waals surface area contributed by atoms with Crippen LogP contribution in [0.3, 0.4) is 0 Å². The van der Waals surface area contributed by atoms with Gasteiger partial charge in [-0.15, -0.1) is 24.0 Å². The van der Waals surface area contributed by atoms with Crippen LogP contribution in [-0.4, -0.2) is 39.9 Å². The molecule has 0 atom stereocenters. The van der Waals surface area contributed by atoms with Gasteiger partial charge in [-0.25, -0.2) is 4.99 Å². The molecule has 1 heterocycles. The van der Waals surface area contributed by atoms with Gasteiger partial charge in [0.15, 0.2) is 17.5 Å². The lowest BCUT2D eigenvalue weighted by atomic mass is 10.1. The molecule has 28 heavy (non-hydrogen) atoms. The molecule has 0 bridgehead atoms. The molecule has 0 amide bonds. The van der Waals surface area contributed by atoms with Crippen molar-refractivity contribution >= 4 is 35.6 Å². The fourth-order valence-corrected chi connectivity index (χ4v) is 2.87. The molecule has 2 aromatic rings. The van der Waals surface area contributed by atoms with Gasteiger partial charge in [-0.2, -0.15) is 0 Å². The SMILES string of the molecule is CCNC(=NCc1cccc(N(C)C)c1)NCCc1ccc2c(c1)OCO2.I. The van der Waals surface area contributed by atoms with Gasteiger partial charge in [-0.3, -0.25) is 0 Å². The Bertz CT molecular complexity index is 796. The van der Waals surface area contributed by atoms with Crippen molar-refractivity contribution in [2.75, 3.05) is 38.9 Å². The van der Waals surface area contributed by atoms with E-state index < -0.39 is 0 Å². The highest BCUT2D eigenvalue weighted by Gasteiger charge is 2.12. The van der Waals surface area contributed by atoms with Crippen LogP contribution in [0, 0.1) is 0 Å². The predicted octanol–water partition coefficient (Wildman–Crippen LogP) is 3.40. The van der Waals surface area contributed by atoms with Crippen LogP contribution in [0.5, 0.6) is 11.5 Å². The third-order valence-corrected chi connectivity index (χ3v) is 4.33. The maximum atomic E-state index is 5.44. The van der Waals surface area contributed by atoms with Gasteiger partial charge in [0, 0.05) is 32.9 Å². The maximum absolute atomic E-state index is 5.44. The Balaban J connectivity index is 0.00000280. The van der Waals surface area contributed by atoms with E-state index in [1.54, 1.807) is 0 Å². The van der Waals surface area contributed by atoms with E-state index in [1.165, 1.54) is 16.8 Å². The van der Waals surface area contributed by atoms with E-state index in [4.69, 9.17) is 14.5 Å². The molecule has 0 radical (unpaired) electrons. The molecular formula is C21H29IN4O2. The highest BCUT2D eigenvalue weighted by Crippen LogP contribution is 2.32. The van der Waals surface area contributed by atoms with E-state index in [1.807, 2.05) is 26.2 Å². The molecule has 0 saturated heterocycles. The molecule has 2 aromatic carbocycles. The van der Waals surface area contributed by atoms with Crippen LogP contribution in [0.1, 0.15) is 18.1 Å². The molecular weight excluding hydrogens is 467 g/mol. The van der Waals surface area contributed by atoms with Crippen molar-refractivity contribution in [2.24, 2.45) is 4.99 Å². The standard InChI is InChI=1S/C21H28N4O2.HI/c1-4-22-21(24-14-17-6-5-7-18(12-17)25(2)3)23-11-10-16-8-9-19-20(13-16)27-15-26-19;/h5-9,12-13H,4,10-11,14-15H2,1-3H3,(H2,22,23,24);1H. The number of fused-ring (bicyclic) bond motifs is 1. The van der Waals surface area contributed by atoms with Crippen molar-refractivity contribution < 1.29 is 9.47 Å². The zero-order chi connectivity index (χ0) is 19.1. The summed E-state index contributed by atoms with van der Waals surface area (Å²) in [6, 6.07) is 14.5. The van der Waals surface area contributed by atoms with Crippen molar-refractivity contribution in [3.63, 3.8) is 0 Å². The fourth-order valence-electron chi connectivity index (χ4n) is 2.87. The van der Waals surface area contributed by atoms with Crippen molar-refractivity contribution in [1.82, 2.24) is 10.6 Å². The van der Waals surface area contributed by atoms with Crippen LogP contribution in [0.4, 0.5) is 5.69 Å². The first kappa shape index (κ1) is 22.1. The van der Waals surface area contributed by atoms with Crippen LogP contribution in [0.25, 0.3) is 0 Å². The van der Waals surface area contributed by atoms with Gasteiger partial charge in [-0.05, 0) is 48.7 Å². The van der Waals surface area contributed by atoms with Crippen LogP contribution < -0.4 is 25.0 Å². The smallest absolute Gasteiger partial charge is 0.231 e. The van der Waals surface area contributed by atoms with E-state index in [2.05, 4.69) is 52.8 Å². The van der Waals surface area contributed by atoms with Crippen LogP contribution in [-0.2, 0) is 13.0 Å². The summed E-state index contributed by atoms with van der Waals surface area (Å²) in [6.07, 6.45) is 0.886. The number of hydrogen-bond acceptors (Lipinski definition) is 4. The molecule has 1 aliphatic heterocycles. The number of hydrogen-bond donors (Lipinski definition) is 2. The summed E-state index contributed by atoms with van der Waals surface area (Å²) < 4.78 is 10.8. The van der Waals surface area contributed by atoms with Gasteiger partial charge in [0.05, 0.1) is 6.54 Å². The molecule has 0 unspecified atom stereocenters. The van der Waals surface area contributed by atoms with Gasteiger partial charge in [0.25, 0.3) is 0 Å². The Morgan fingerprint density at radius 3 is 2.64 bits per heavy atom. The van der Waals surface area contributed by atoms with E-state index in [9.17, 15) is 0 Å². The number of aliphatic imine (C=N–C) groups is 1. The average molecular weight is 496 g/mol. The molecule has 0 aromatic heterocycles. The summed E-state index contributed by atoms with van der Waals surface area (Å²) in [5.74, 6) is 2.48. The third kappa shape index (κ3) is 6.19. The summed E-state index contributed by atoms with van der Waals surface area (Å²) in [6.45, 7) is 4.64. The second kappa shape index (κ2) is 11.0. The van der Waals surface area contributed by atoms with Crippen molar-refractivity contribution in [1.29, 1.82) is 0 Å². The molecule has 2 N–H and O–H groups in total. The summed E-state index contributed by atoms with van der Waals surface area (Å²) in [5, 5.41) is 6.70. The normalized spacial score (nSPS) is 12.3. The highest BCUT2D eigenvalue weighted by molar-refractivity contribution is 14.0. The number of rotatable bonds is 7. The first-order valence-electron chi connectivity index (χ1n) is 9.32. The van der Waals surface area contributed by atoms with Gasteiger partial charge < -0.3 is 25.0 Å². The molecule has 0 saturated carbocycles. The van der Waals surface area contributed by atoms with Crippen molar-refractivity contribution in [3.8, 4) is 11.5 Å². The minimum atomic E-state index is 0. The fraction of sp³-hybridized carbons (Fsp3) is 0.381. The zero-order valence-electron chi connectivity index (χ0n) is 16.7. The molecule has 3 rings (SSSR count). The lowest BCUT2D eigenvalue weighted by molar-refractivity contribution is 0.174. The van der Waals surface area contributed by atoms with Gasteiger partial charge in [0.1, 0.15) is 0 Å². The first-order chi connectivity index (χ1) is 13.2. The molecule has 152 valence electrons. The minimum Gasteiger partial charge on any atom is -0.454 e. The number of nitrogens with zero attached hydrogens (tertiary/aromatic N) is 2. The Morgan fingerprint density at radius 2 is 1.86 bits per heavy atom. The second-order valence-corrected chi connectivity index (χ2v) is 6.62. The largest absolute Gasteiger partial charge is 0.454 e. The number of nitrogens with one attached hydrogen (secondary N) is 2. The second-order valence-electron chi connectivity index (χ2n) is 6.62. The molecule has 0 spiro atoms. The first-order valence-corrected chi connectivity index (χ1v) is 9.32. The quantitative estimate of drug-likeness (QED) is 0.350. The summed E-state index contributed by atoms with van der Waals surface area (Å²) in [5.41, 5.74) is 3.58. The number of anilines is 1. The van der Waals surface area contributed by atoms with Crippen molar-refractivity contribution in [3.05, 3.63) is 53.6 Å². The van der Waals surface area contributed by atoms with E-state index >= 15 is 0 Å². The topological polar surface area (TPSA) is 58.1 Å². The van der Waals surface area contributed by atoms with Crippen LogP contribution in [0.15, 0.2) is 47.5 Å². The van der Waals surface area contributed by atoms with Gasteiger partial charge in [0.2, 0.25) is 6.79 Å². The Kier molecular flexibility index (Phi) is 8.69. The van der Waals surface area contributed by atoms with Gasteiger partial charge in [-0.1, -0.05) is 18.2 Å². The zero-order valence-corrected chi connectivity index (χ0v) is 19.0. The highest BCUT2D eigenvalue weighted by atomic mass is 127. The number of ether oxygens (including phenoxy) is 2. The molecule has 7 heteroatoms. The summed E-state index contributed by atoms with van der Waals surface area (Å²) in [4.78, 5) is 6.80. The molecule has 0 fully saturated rings. The molecule has 6 nitrogen and oxygen atoms in total. The van der Waals surface area contributed by atoms with Crippen LogP contribution >= 0.6 is 24.0 Å². The molecule has 1 aliphatic rings. The lowest BCUT2D eigenvalue weighted by Gasteiger charge is -2.14. The summed E-state index contributed by atoms with van der Waals surface area (Å²) in [7, 11) is 4.09. The lowest BCUT2D eigenvalue weighted by Crippen LogP contribution is -2.38. The Hall–Kier alpha value is -2.16. The monoisotopic (exact) mass is 496 g/mol.